The van der Waals surface area contributed by atoms with Gasteiger partial charge in [-0.05, 0) is 50.4 Å². The van der Waals surface area contributed by atoms with Gasteiger partial charge in [0.1, 0.15) is 6.61 Å². The smallest absolute Gasteiger partial charge is 0.418 e. The van der Waals surface area contributed by atoms with Gasteiger partial charge in [-0.3, -0.25) is 0 Å². The highest BCUT2D eigenvalue weighted by molar-refractivity contribution is 5.92. The van der Waals surface area contributed by atoms with Crippen molar-refractivity contribution in [3.63, 3.8) is 0 Å². The maximum atomic E-state index is 12.6. The minimum Gasteiger partial charge on any atom is -0.463 e. The molecule has 0 saturated heterocycles. The molecule has 3 rings (SSSR count). The zero-order chi connectivity index (χ0) is 16.9. The lowest BCUT2D eigenvalue weighted by molar-refractivity contribution is -0.757. The van der Waals surface area contributed by atoms with E-state index in [1.165, 1.54) is 0 Å². The molecule has 9 heteroatoms. The van der Waals surface area contributed by atoms with Crippen LogP contribution in [0, 0.1) is 22.0 Å². The molecule has 1 amide bonds. The first-order valence-corrected chi connectivity index (χ1v) is 8.57. The van der Waals surface area contributed by atoms with E-state index in [0.717, 1.165) is 25.7 Å². The van der Waals surface area contributed by atoms with Crippen molar-refractivity contribution in [1.82, 2.24) is 4.90 Å². The molecule has 0 aromatic rings. The van der Waals surface area contributed by atoms with E-state index < -0.39 is 11.2 Å². The summed E-state index contributed by atoms with van der Waals surface area (Å²) in [5.74, 6) is 1.04. The fraction of sp³-hybridized carbons (Fsp3) is 0.867. The van der Waals surface area contributed by atoms with Crippen molar-refractivity contribution in [2.75, 3.05) is 26.4 Å². The van der Waals surface area contributed by atoms with E-state index in [-0.39, 0.29) is 19.3 Å². The summed E-state index contributed by atoms with van der Waals surface area (Å²) < 4.78 is 10.9. The number of aliphatic imine (C=N–C) groups is 1. The van der Waals surface area contributed by atoms with Crippen LogP contribution in [0.3, 0.4) is 0 Å². The van der Waals surface area contributed by atoms with Crippen LogP contribution in [0.4, 0.5) is 4.79 Å². The van der Waals surface area contributed by atoms with Crippen LogP contribution >= 0.6 is 0 Å². The molecule has 0 atom stereocenters. The fourth-order valence-electron chi connectivity index (χ4n) is 3.05. The lowest BCUT2D eigenvalue weighted by atomic mass is 10.1. The third-order valence-electron chi connectivity index (χ3n) is 4.44. The van der Waals surface area contributed by atoms with Gasteiger partial charge in [-0.1, -0.05) is 0 Å². The van der Waals surface area contributed by atoms with Crippen LogP contribution in [0.2, 0.25) is 0 Å². The summed E-state index contributed by atoms with van der Waals surface area (Å²) in [6.45, 7) is 1.28. The minimum absolute atomic E-state index is 0.0108. The minimum atomic E-state index is -0.820. The number of hydrogen-bond acceptors (Lipinski definition) is 7. The van der Waals surface area contributed by atoms with Crippen molar-refractivity contribution in [3.05, 3.63) is 10.1 Å². The second-order valence-corrected chi connectivity index (χ2v) is 6.43. The highest BCUT2D eigenvalue weighted by Gasteiger charge is 2.49. The average Bonchev–Trinajstić information content (AvgIpc) is 3.48. The first-order valence-electron chi connectivity index (χ1n) is 8.57. The zero-order valence-corrected chi connectivity index (χ0v) is 13.6. The lowest BCUT2D eigenvalue weighted by Gasteiger charge is -2.30. The van der Waals surface area contributed by atoms with Crippen molar-refractivity contribution in [2.24, 2.45) is 16.8 Å². The van der Waals surface area contributed by atoms with Gasteiger partial charge >= 0.3 is 6.09 Å². The van der Waals surface area contributed by atoms with Gasteiger partial charge in [0.05, 0.1) is 25.8 Å². The number of unbranched alkanes of at least 4 members (excludes halogenated alkanes) is 1. The normalized spacial score (nSPS) is 19.6. The van der Waals surface area contributed by atoms with Crippen LogP contribution in [0.1, 0.15) is 38.5 Å². The van der Waals surface area contributed by atoms with Crippen molar-refractivity contribution in [3.8, 4) is 0 Å². The molecule has 2 saturated carbocycles. The van der Waals surface area contributed by atoms with E-state index in [0.29, 0.717) is 43.9 Å². The molecule has 0 radical (unpaired) electrons. The maximum absolute atomic E-state index is 12.6. The lowest BCUT2D eigenvalue weighted by Crippen LogP contribution is -2.47. The summed E-state index contributed by atoms with van der Waals surface area (Å²) in [4.78, 5) is 32.8. The van der Waals surface area contributed by atoms with Crippen LogP contribution in [0.25, 0.3) is 0 Å². The van der Waals surface area contributed by atoms with E-state index in [1.807, 2.05) is 0 Å². The first-order chi connectivity index (χ1) is 11.7. The Morgan fingerprint density at radius 1 is 1.29 bits per heavy atom. The SMILES string of the molecule is O=C(OCCCCO[N+](=O)[O-])N(C1=NCCO1)C(C1CC1)C1CC1. The molecule has 2 fully saturated rings. The molecule has 134 valence electrons. The monoisotopic (exact) mass is 341 g/mol. The highest BCUT2D eigenvalue weighted by atomic mass is 16.9. The molecule has 2 aliphatic carbocycles. The Balaban J connectivity index is 1.51. The number of carbonyl (C=O) groups excluding carboxylic acids is 1. The second-order valence-electron chi connectivity index (χ2n) is 6.43. The summed E-state index contributed by atoms with van der Waals surface area (Å²) in [6, 6.07) is 0.521. The molecule has 9 nitrogen and oxygen atoms in total. The molecule has 3 aliphatic rings. The number of nitrogens with zero attached hydrogens (tertiary/aromatic N) is 3. The van der Waals surface area contributed by atoms with Gasteiger partial charge in [0.25, 0.3) is 11.1 Å². The number of hydrogen-bond donors (Lipinski definition) is 0. The van der Waals surface area contributed by atoms with Gasteiger partial charge in [0, 0.05) is 0 Å². The van der Waals surface area contributed by atoms with Crippen molar-refractivity contribution >= 4 is 12.1 Å². The standard InChI is InChI=1S/C15H23N3O6/c19-15(23-8-1-2-9-24-18(20)21)17(14-16-7-10-22-14)13(11-3-4-11)12-5-6-12/h11-13H,1-10H2. The van der Waals surface area contributed by atoms with Crippen LogP contribution in [-0.4, -0.2) is 54.5 Å². The van der Waals surface area contributed by atoms with Gasteiger partial charge in [0.2, 0.25) is 0 Å². The highest BCUT2D eigenvalue weighted by Crippen LogP contribution is 2.47. The molecule has 24 heavy (non-hydrogen) atoms. The molecule has 0 aromatic carbocycles. The molecular weight excluding hydrogens is 318 g/mol. The Morgan fingerprint density at radius 2 is 1.96 bits per heavy atom. The Labute approximate surface area is 140 Å². The summed E-state index contributed by atoms with van der Waals surface area (Å²) in [5, 5.41) is 9.23. The Bertz CT molecular complexity index is 491. The van der Waals surface area contributed by atoms with Crippen LogP contribution in [-0.2, 0) is 14.3 Å². The zero-order valence-electron chi connectivity index (χ0n) is 13.6. The molecule has 0 spiro atoms. The van der Waals surface area contributed by atoms with Gasteiger partial charge in [0.15, 0.2) is 0 Å². The van der Waals surface area contributed by atoms with Crippen molar-refractivity contribution < 1.29 is 24.2 Å². The third kappa shape index (κ3) is 4.48. The van der Waals surface area contributed by atoms with E-state index in [4.69, 9.17) is 9.47 Å². The molecule has 1 heterocycles. The summed E-state index contributed by atoms with van der Waals surface area (Å²) in [6.07, 6.45) is 5.09. The predicted molar refractivity (Wildman–Crippen MR) is 82.9 cm³/mol. The first kappa shape index (κ1) is 16.8. The Morgan fingerprint density at radius 3 is 2.50 bits per heavy atom. The van der Waals surface area contributed by atoms with E-state index in [1.54, 1.807) is 4.90 Å². The molecule has 1 aliphatic heterocycles. The molecule has 0 N–H and O–H groups in total. The van der Waals surface area contributed by atoms with E-state index in [2.05, 4.69) is 9.83 Å². The summed E-state index contributed by atoms with van der Waals surface area (Å²) in [7, 11) is 0. The maximum Gasteiger partial charge on any atom is 0.418 e. The predicted octanol–water partition coefficient (Wildman–Crippen LogP) is 1.99. The van der Waals surface area contributed by atoms with Gasteiger partial charge in [-0.25, -0.2) is 14.7 Å². The number of amidine groups is 1. The quantitative estimate of drug-likeness (QED) is 0.361. The fourth-order valence-corrected chi connectivity index (χ4v) is 3.05. The Kier molecular flexibility index (Phi) is 5.37. The van der Waals surface area contributed by atoms with Crippen LogP contribution in [0.5, 0.6) is 0 Å². The van der Waals surface area contributed by atoms with E-state index in [9.17, 15) is 14.9 Å². The number of ether oxygens (including phenoxy) is 2. The van der Waals surface area contributed by atoms with Crippen molar-refractivity contribution in [2.45, 2.75) is 44.6 Å². The molecule has 0 unspecified atom stereocenters. The number of rotatable bonds is 9. The van der Waals surface area contributed by atoms with Crippen LogP contribution in [0.15, 0.2) is 4.99 Å². The Hall–Kier alpha value is -2.06. The number of carbonyl (C=O) groups is 1. The average molecular weight is 341 g/mol. The molecule has 0 bridgehead atoms. The van der Waals surface area contributed by atoms with Gasteiger partial charge in [-0.15, -0.1) is 10.1 Å². The topological polar surface area (TPSA) is 104 Å². The van der Waals surface area contributed by atoms with Crippen molar-refractivity contribution in [1.29, 1.82) is 0 Å². The third-order valence-corrected chi connectivity index (χ3v) is 4.44. The van der Waals surface area contributed by atoms with Gasteiger partial charge < -0.3 is 14.3 Å². The molecular formula is C15H23N3O6. The van der Waals surface area contributed by atoms with E-state index >= 15 is 0 Å². The second kappa shape index (κ2) is 7.67. The van der Waals surface area contributed by atoms with Gasteiger partial charge in [-0.2, -0.15) is 0 Å². The summed E-state index contributed by atoms with van der Waals surface area (Å²) >= 11 is 0. The summed E-state index contributed by atoms with van der Waals surface area (Å²) in [5.41, 5.74) is 0. The van der Waals surface area contributed by atoms with Crippen LogP contribution < -0.4 is 0 Å². The molecule has 0 aromatic heterocycles. The largest absolute Gasteiger partial charge is 0.463 e. The number of amides is 1.